The molecular formula is C5H7ClN2OS. The lowest BCUT2D eigenvalue weighted by Crippen LogP contribution is -2.32. The van der Waals surface area contributed by atoms with Gasteiger partial charge in [0.05, 0.1) is 6.54 Å². The lowest BCUT2D eigenvalue weighted by Gasteiger charge is -2.11. The fourth-order valence-electron chi connectivity index (χ4n) is 0.766. The zero-order chi connectivity index (χ0) is 7.56. The van der Waals surface area contributed by atoms with Gasteiger partial charge in [0.1, 0.15) is 0 Å². The van der Waals surface area contributed by atoms with Crippen LogP contribution in [-0.4, -0.2) is 34.9 Å². The van der Waals surface area contributed by atoms with E-state index in [-0.39, 0.29) is 5.91 Å². The SMILES string of the molecule is O=C1CNC(=S)N1CCCl. The summed E-state index contributed by atoms with van der Waals surface area (Å²) in [5.41, 5.74) is 0. The topological polar surface area (TPSA) is 32.3 Å². The number of nitrogens with one attached hydrogen (secondary N) is 1. The highest BCUT2D eigenvalue weighted by atomic mass is 35.5. The molecule has 0 saturated carbocycles. The van der Waals surface area contributed by atoms with Gasteiger partial charge in [0.25, 0.3) is 0 Å². The number of carbonyl (C=O) groups excluding carboxylic acids is 1. The third-order valence-electron chi connectivity index (χ3n) is 1.25. The van der Waals surface area contributed by atoms with Crippen molar-refractivity contribution in [3.05, 3.63) is 0 Å². The standard InChI is InChI=1S/C5H7ClN2OS/c6-1-2-8-4(9)3-7-5(8)10/h1-3H2,(H,7,10). The van der Waals surface area contributed by atoms with Crippen molar-refractivity contribution in [3.63, 3.8) is 0 Å². The van der Waals surface area contributed by atoms with Crippen LogP contribution in [0.1, 0.15) is 0 Å². The molecule has 1 amide bonds. The lowest BCUT2D eigenvalue weighted by molar-refractivity contribution is -0.124. The predicted octanol–water partition coefficient (Wildman–Crippen LogP) is -0.0581. The Hall–Kier alpha value is -0.350. The van der Waals surface area contributed by atoms with Crippen LogP contribution in [0, 0.1) is 0 Å². The molecule has 1 aliphatic rings. The van der Waals surface area contributed by atoms with Gasteiger partial charge in [0.15, 0.2) is 5.11 Å². The Labute approximate surface area is 69.3 Å². The number of alkyl halides is 1. The summed E-state index contributed by atoms with van der Waals surface area (Å²) in [5.74, 6) is 0.429. The van der Waals surface area contributed by atoms with Crippen molar-refractivity contribution in [1.29, 1.82) is 0 Å². The second kappa shape index (κ2) is 3.16. The van der Waals surface area contributed by atoms with Crippen molar-refractivity contribution in [3.8, 4) is 0 Å². The molecule has 0 atom stereocenters. The molecule has 0 spiro atoms. The average Bonchev–Trinajstić information content (AvgIpc) is 2.20. The fraction of sp³-hybridized carbons (Fsp3) is 0.600. The van der Waals surface area contributed by atoms with E-state index >= 15 is 0 Å². The van der Waals surface area contributed by atoms with Gasteiger partial charge >= 0.3 is 0 Å². The summed E-state index contributed by atoms with van der Waals surface area (Å²) < 4.78 is 0. The van der Waals surface area contributed by atoms with Gasteiger partial charge in [-0.3, -0.25) is 9.69 Å². The Morgan fingerprint density at radius 1 is 1.80 bits per heavy atom. The largest absolute Gasteiger partial charge is 0.353 e. The van der Waals surface area contributed by atoms with E-state index in [1.54, 1.807) is 0 Å². The van der Waals surface area contributed by atoms with E-state index in [0.717, 1.165) is 0 Å². The lowest BCUT2D eigenvalue weighted by atomic mass is 10.5. The maximum atomic E-state index is 10.9. The second-order valence-electron chi connectivity index (χ2n) is 1.89. The van der Waals surface area contributed by atoms with E-state index in [0.29, 0.717) is 24.1 Å². The molecule has 1 rings (SSSR count). The summed E-state index contributed by atoms with van der Waals surface area (Å²) in [7, 11) is 0. The molecule has 56 valence electrons. The molecular weight excluding hydrogens is 172 g/mol. The molecule has 0 unspecified atom stereocenters. The summed E-state index contributed by atoms with van der Waals surface area (Å²) in [6.45, 7) is 0.821. The van der Waals surface area contributed by atoms with Crippen molar-refractivity contribution < 1.29 is 4.79 Å². The molecule has 0 aromatic heterocycles. The van der Waals surface area contributed by atoms with Gasteiger partial charge in [-0.1, -0.05) is 0 Å². The number of thiocarbonyl (C=S) groups is 1. The molecule has 1 heterocycles. The third kappa shape index (κ3) is 1.38. The summed E-state index contributed by atoms with van der Waals surface area (Å²) in [5, 5.41) is 3.24. The smallest absolute Gasteiger partial charge is 0.248 e. The van der Waals surface area contributed by atoms with Crippen molar-refractivity contribution in [2.75, 3.05) is 19.0 Å². The van der Waals surface area contributed by atoms with Crippen LogP contribution in [0.3, 0.4) is 0 Å². The number of rotatable bonds is 2. The Morgan fingerprint density at radius 3 is 2.90 bits per heavy atom. The van der Waals surface area contributed by atoms with Gasteiger partial charge in [-0.05, 0) is 12.2 Å². The average molecular weight is 179 g/mol. The van der Waals surface area contributed by atoms with Gasteiger partial charge < -0.3 is 5.32 Å². The number of halogens is 1. The fourth-order valence-corrected chi connectivity index (χ4v) is 1.20. The van der Waals surface area contributed by atoms with E-state index < -0.39 is 0 Å². The molecule has 0 aliphatic carbocycles. The molecule has 1 fully saturated rings. The highest BCUT2D eigenvalue weighted by Crippen LogP contribution is 1.98. The van der Waals surface area contributed by atoms with Crippen LogP contribution in [0.2, 0.25) is 0 Å². The van der Waals surface area contributed by atoms with Gasteiger partial charge in [-0.2, -0.15) is 0 Å². The number of hydrogen-bond donors (Lipinski definition) is 1. The molecule has 10 heavy (non-hydrogen) atoms. The molecule has 1 saturated heterocycles. The van der Waals surface area contributed by atoms with Crippen LogP contribution in [0.5, 0.6) is 0 Å². The molecule has 1 N–H and O–H groups in total. The Balaban J connectivity index is 2.54. The molecule has 5 heteroatoms. The zero-order valence-corrected chi connectivity index (χ0v) is 6.84. The highest BCUT2D eigenvalue weighted by Gasteiger charge is 2.23. The molecule has 0 radical (unpaired) electrons. The van der Waals surface area contributed by atoms with Crippen LogP contribution < -0.4 is 5.32 Å². The molecule has 3 nitrogen and oxygen atoms in total. The predicted molar refractivity (Wildman–Crippen MR) is 43.0 cm³/mol. The minimum atomic E-state index is 0.00523. The summed E-state index contributed by atoms with van der Waals surface area (Å²) in [4.78, 5) is 12.4. The minimum Gasteiger partial charge on any atom is -0.353 e. The summed E-state index contributed by atoms with van der Waals surface area (Å²) in [6, 6.07) is 0. The zero-order valence-electron chi connectivity index (χ0n) is 5.26. The van der Waals surface area contributed by atoms with Crippen LogP contribution in [0.25, 0.3) is 0 Å². The first-order valence-corrected chi connectivity index (χ1v) is 3.84. The molecule has 0 aromatic rings. The van der Waals surface area contributed by atoms with E-state index in [1.807, 2.05) is 0 Å². The van der Waals surface area contributed by atoms with Gasteiger partial charge in [-0.15, -0.1) is 11.6 Å². The first-order chi connectivity index (χ1) is 4.75. The van der Waals surface area contributed by atoms with E-state index in [1.165, 1.54) is 4.90 Å². The van der Waals surface area contributed by atoms with Gasteiger partial charge in [0, 0.05) is 12.4 Å². The van der Waals surface area contributed by atoms with Crippen LogP contribution in [-0.2, 0) is 4.79 Å². The Bertz CT molecular complexity index is 157. The van der Waals surface area contributed by atoms with Crippen molar-refractivity contribution >= 4 is 34.8 Å². The van der Waals surface area contributed by atoms with E-state index in [2.05, 4.69) is 5.32 Å². The maximum Gasteiger partial charge on any atom is 0.248 e. The highest BCUT2D eigenvalue weighted by molar-refractivity contribution is 7.80. The van der Waals surface area contributed by atoms with E-state index in [4.69, 9.17) is 23.8 Å². The number of nitrogens with zero attached hydrogens (tertiary/aromatic N) is 1. The summed E-state index contributed by atoms with van der Waals surface area (Å²) >= 11 is 10.2. The van der Waals surface area contributed by atoms with E-state index in [9.17, 15) is 4.79 Å². The van der Waals surface area contributed by atoms with Gasteiger partial charge in [0.2, 0.25) is 5.91 Å². The first-order valence-electron chi connectivity index (χ1n) is 2.90. The third-order valence-corrected chi connectivity index (χ3v) is 1.78. The Kier molecular flexibility index (Phi) is 2.45. The van der Waals surface area contributed by atoms with Crippen molar-refractivity contribution in [2.24, 2.45) is 0 Å². The molecule has 0 aromatic carbocycles. The van der Waals surface area contributed by atoms with Gasteiger partial charge in [-0.25, -0.2) is 0 Å². The maximum absolute atomic E-state index is 10.9. The second-order valence-corrected chi connectivity index (χ2v) is 2.66. The molecule has 1 aliphatic heterocycles. The number of carbonyl (C=O) groups is 1. The Morgan fingerprint density at radius 2 is 2.50 bits per heavy atom. The molecule has 0 bridgehead atoms. The van der Waals surface area contributed by atoms with Crippen molar-refractivity contribution in [2.45, 2.75) is 0 Å². The quantitative estimate of drug-likeness (QED) is 0.475. The van der Waals surface area contributed by atoms with Crippen LogP contribution in [0.15, 0.2) is 0 Å². The number of hydrogen-bond acceptors (Lipinski definition) is 2. The normalized spacial score (nSPS) is 17.9. The van der Waals surface area contributed by atoms with Crippen LogP contribution >= 0.6 is 23.8 Å². The minimum absolute atomic E-state index is 0.00523. The monoisotopic (exact) mass is 178 g/mol. The van der Waals surface area contributed by atoms with Crippen molar-refractivity contribution in [1.82, 2.24) is 10.2 Å². The number of amides is 1. The van der Waals surface area contributed by atoms with Crippen LogP contribution in [0.4, 0.5) is 0 Å². The summed E-state index contributed by atoms with van der Waals surface area (Å²) in [6.07, 6.45) is 0. The first kappa shape index (κ1) is 7.75.